The molecule has 1 aromatic rings. The highest BCUT2D eigenvalue weighted by Crippen LogP contribution is 2.33. The fourth-order valence-electron chi connectivity index (χ4n) is 1.84. The Kier molecular flexibility index (Phi) is 2.39. The lowest BCUT2D eigenvalue weighted by molar-refractivity contribution is -0.137. The molecule has 80 valence electrons. The molecule has 2 rings (SSSR count). The van der Waals surface area contributed by atoms with Gasteiger partial charge in [0.15, 0.2) is 0 Å². The van der Waals surface area contributed by atoms with Gasteiger partial charge in [0.25, 0.3) is 0 Å². The van der Waals surface area contributed by atoms with Crippen molar-refractivity contribution in [3.8, 4) is 5.75 Å². The van der Waals surface area contributed by atoms with Crippen LogP contribution in [0.15, 0.2) is 24.3 Å². The number of carbonyl (C=O) groups is 1. The van der Waals surface area contributed by atoms with Crippen molar-refractivity contribution in [2.45, 2.75) is 18.8 Å². The Balaban J connectivity index is 2.25. The Hall–Kier alpha value is -1.51. The maximum Gasteiger partial charge on any atom is 0.306 e. The van der Waals surface area contributed by atoms with Gasteiger partial charge in [0.1, 0.15) is 12.4 Å². The van der Waals surface area contributed by atoms with E-state index in [4.69, 9.17) is 9.47 Å². The normalized spacial score (nSPS) is 25.1. The molecule has 0 amide bonds. The van der Waals surface area contributed by atoms with Crippen molar-refractivity contribution in [1.82, 2.24) is 0 Å². The molecule has 0 spiro atoms. The standard InChI is InChI=1S/C12H14O3/c1-12(7-11(13)15-8-12)9-3-5-10(14-2)6-4-9/h3-6H,7-8H2,1-2H3/t12-/m1/s1. The van der Waals surface area contributed by atoms with Crippen molar-refractivity contribution < 1.29 is 14.3 Å². The Morgan fingerprint density at radius 2 is 2.00 bits per heavy atom. The molecular weight excluding hydrogens is 192 g/mol. The zero-order chi connectivity index (χ0) is 10.9. The summed E-state index contributed by atoms with van der Waals surface area (Å²) in [6, 6.07) is 7.79. The SMILES string of the molecule is COc1ccc([C@@]2(C)COC(=O)C2)cc1. The third-order valence-corrected chi connectivity index (χ3v) is 2.87. The number of hydrogen-bond acceptors (Lipinski definition) is 3. The molecule has 1 aliphatic heterocycles. The average molecular weight is 206 g/mol. The number of ether oxygens (including phenoxy) is 2. The number of cyclic esters (lactones) is 1. The molecule has 0 saturated carbocycles. The van der Waals surface area contributed by atoms with Gasteiger partial charge in [-0.1, -0.05) is 19.1 Å². The lowest BCUT2D eigenvalue weighted by Gasteiger charge is -2.20. The zero-order valence-electron chi connectivity index (χ0n) is 8.95. The number of hydrogen-bond donors (Lipinski definition) is 0. The van der Waals surface area contributed by atoms with Crippen LogP contribution >= 0.6 is 0 Å². The molecule has 1 fully saturated rings. The highest BCUT2D eigenvalue weighted by molar-refractivity contribution is 5.74. The van der Waals surface area contributed by atoms with Crippen LogP contribution in [0.5, 0.6) is 5.75 Å². The summed E-state index contributed by atoms with van der Waals surface area (Å²) in [5.41, 5.74) is 0.942. The molecule has 15 heavy (non-hydrogen) atoms. The second-order valence-electron chi connectivity index (χ2n) is 4.13. The lowest BCUT2D eigenvalue weighted by Crippen LogP contribution is -2.21. The summed E-state index contributed by atoms with van der Waals surface area (Å²) in [6.07, 6.45) is 0.458. The number of carbonyl (C=O) groups excluding carboxylic acids is 1. The smallest absolute Gasteiger partial charge is 0.306 e. The summed E-state index contributed by atoms with van der Waals surface area (Å²) in [4.78, 5) is 11.1. The van der Waals surface area contributed by atoms with Gasteiger partial charge in [-0.2, -0.15) is 0 Å². The van der Waals surface area contributed by atoms with Crippen molar-refractivity contribution in [3.05, 3.63) is 29.8 Å². The molecule has 1 saturated heterocycles. The molecule has 3 nitrogen and oxygen atoms in total. The molecule has 1 aromatic carbocycles. The largest absolute Gasteiger partial charge is 0.497 e. The van der Waals surface area contributed by atoms with E-state index in [-0.39, 0.29) is 11.4 Å². The Morgan fingerprint density at radius 1 is 1.33 bits per heavy atom. The summed E-state index contributed by atoms with van der Waals surface area (Å²) >= 11 is 0. The van der Waals surface area contributed by atoms with Crippen LogP contribution < -0.4 is 4.74 Å². The fourth-order valence-corrected chi connectivity index (χ4v) is 1.84. The van der Waals surface area contributed by atoms with Crippen molar-refractivity contribution in [2.75, 3.05) is 13.7 Å². The van der Waals surface area contributed by atoms with Crippen molar-refractivity contribution in [1.29, 1.82) is 0 Å². The summed E-state index contributed by atoms with van der Waals surface area (Å²) in [6.45, 7) is 2.51. The summed E-state index contributed by atoms with van der Waals surface area (Å²) < 4.78 is 10.1. The first-order valence-electron chi connectivity index (χ1n) is 4.94. The predicted molar refractivity (Wildman–Crippen MR) is 55.9 cm³/mol. The molecule has 0 bridgehead atoms. The van der Waals surface area contributed by atoms with Gasteiger partial charge in [-0.15, -0.1) is 0 Å². The third-order valence-electron chi connectivity index (χ3n) is 2.87. The second kappa shape index (κ2) is 3.57. The van der Waals surface area contributed by atoms with Crippen LogP contribution in [0.25, 0.3) is 0 Å². The fraction of sp³-hybridized carbons (Fsp3) is 0.417. The van der Waals surface area contributed by atoms with E-state index in [1.54, 1.807) is 7.11 Å². The van der Waals surface area contributed by atoms with E-state index in [0.29, 0.717) is 13.0 Å². The molecule has 1 atom stereocenters. The van der Waals surface area contributed by atoms with E-state index in [9.17, 15) is 4.79 Å². The monoisotopic (exact) mass is 206 g/mol. The van der Waals surface area contributed by atoms with Gasteiger partial charge in [0.05, 0.1) is 13.5 Å². The predicted octanol–water partition coefficient (Wildman–Crippen LogP) is 1.90. The van der Waals surface area contributed by atoms with Gasteiger partial charge in [-0.25, -0.2) is 0 Å². The first kappa shape index (κ1) is 10.0. The molecule has 0 aromatic heterocycles. The van der Waals surface area contributed by atoms with E-state index in [1.807, 2.05) is 31.2 Å². The van der Waals surface area contributed by atoms with Crippen LogP contribution in [0.1, 0.15) is 18.9 Å². The molecule has 0 N–H and O–H groups in total. The van der Waals surface area contributed by atoms with E-state index >= 15 is 0 Å². The minimum absolute atomic E-state index is 0.117. The van der Waals surface area contributed by atoms with Crippen LogP contribution in [0, 0.1) is 0 Å². The second-order valence-corrected chi connectivity index (χ2v) is 4.13. The maximum atomic E-state index is 11.1. The third kappa shape index (κ3) is 1.82. The van der Waals surface area contributed by atoms with E-state index in [2.05, 4.69) is 0 Å². The number of esters is 1. The number of methoxy groups -OCH3 is 1. The van der Waals surface area contributed by atoms with Crippen LogP contribution in [-0.2, 0) is 14.9 Å². The molecular formula is C12H14O3. The summed E-state index contributed by atoms with van der Waals surface area (Å²) in [5.74, 6) is 0.709. The van der Waals surface area contributed by atoms with Gasteiger partial charge in [0, 0.05) is 5.41 Å². The number of rotatable bonds is 2. The minimum Gasteiger partial charge on any atom is -0.497 e. The summed E-state index contributed by atoms with van der Waals surface area (Å²) in [7, 11) is 1.64. The Morgan fingerprint density at radius 3 is 2.47 bits per heavy atom. The van der Waals surface area contributed by atoms with Gasteiger partial charge >= 0.3 is 5.97 Å². The maximum absolute atomic E-state index is 11.1. The van der Waals surface area contributed by atoms with Crippen LogP contribution in [0.4, 0.5) is 0 Å². The average Bonchev–Trinajstić information content (AvgIpc) is 2.60. The lowest BCUT2D eigenvalue weighted by atomic mass is 9.82. The van der Waals surface area contributed by atoms with Gasteiger partial charge < -0.3 is 9.47 Å². The quantitative estimate of drug-likeness (QED) is 0.693. The van der Waals surface area contributed by atoms with Gasteiger partial charge in [-0.3, -0.25) is 4.79 Å². The molecule has 0 unspecified atom stereocenters. The van der Waals surface area contributed by atoms with Crippen LogP contribution in [0.2, 0.25) is 0 Å². The molecule has 1 heterocycles. The number of benzene rings is 1. The molecule has 1 aliphatic rings. The van der Waals surface area contributed by atoms with Gasteiger partial charge in [0.2, 0.25) is 0 Å². The van der Waals surface area contributed by atoms with Crippen LogP contribution in [-0.4, -0.2) is 19.7 Å². The highest BCUT2D eigenvalue weighted by atomic mass is 16.5. The summed E-state index contributed by atoms with van der Waals surface area (Å²) in [5, 5.41) is 0. The molecule has 0 aliphatic carbocycles. The van der Waals surface area contributed by atoms with E-state index < -0.39 is 0 Å². The first-order chi connectivity index (χ1) is 7.14. The zero-order valence-corrected chi connectivity index (χ0v) is 8.95. The molecule has 0 radical (unpaired) electrons. The highest BCUT2D eigenvalue weighted by Gasteiger charge is 2.37. The molecule has 3 heteroatoms. The van der Waals surface area contributed by atoms with Crippen molar-refractivity contribution in [3.63, 3.8) is 0 Å². The van der Waals surface area contributed by atoms with Gasteiger partial charge in [-0.05, 0) is 17.7 Å². The Labute approximate surface area is 89.0 Å². The Bertz CT molecular complexity index is 369. The minimum atomic E-state index is -0.177. The van der Waals surface area contributed by atoms with Crippen LogP contribution in [0.3, 0.4) is 0 Å². The van der Waals surface area contributed by atoms with E-state index in [0.717, 1.165) is 11.3 Å². The van der Waals surface area contributed by atoms with E-state index in [1.165, 1.54) is 0 Å². The van der Waals surface area contributed by atoms with Crippen molar-refractivity contribution in [2.24, 2.45) is 0 Å². The van der Waals surface area contributed by atoms with Crippen molar-refractivity contribution >= 4 is 5.97 Å². The first-order valence-corrected chi connectivity index (χ1v) is 4.94. The topological polar surface area (TPSA) is 35.5 Å².